The first-order valence-electron chi connectivity index (χ1n) is 5.07. The quantitative estimate of drug-likeness (QED) is 0.602. The summed E-state index contributed by atoms with van der Waals surface area (Å²) in [6.45, 7) is 4.93. The molecule has 0 unspecified atom stereocenters. The number of nitrogens with one attached hydrogen (secondary N) is 1. The summed E-state index contributed by atoms with van der Waals surface area (Å²) in [6, 6.07) is 7.22. The predicted octanol–water partition coefficient (Wildman–Crippen LogP) is 2.62. The van der Waals surface area contributed by atoms with Crippen LogP contribution in [0.2, 0.25) is 0 Å². The van der Waals surface area contributed by atoms with Crippen molar-refractivity contribution in [3.8, 4) is 0 Å². The van der Waals surface area contributed by atoms with E-state index in [4.69, 9.17) is 11.1 Å². The highest BCUT2D eigenvalue weighted by Crippen LogP contribution is 2.22. The van der Waals surface area contributed by atoms with Crippen molar-refractivity contribution in [2.45, 2.75) is 20.8 Å². The molecule has 0 amide bonds. The molecular formula is C13H16N2O. The van der Waals surface area contributed by atoms with Crippen molar-refractivity contribution in [2.24, 2.45) is 5.73 Å². The van der Waals surface area contributed by atoms with Gasteiger partial charge in [0.25, 0.3) is 0 Å². The van der Waals surface area contributed by atoms with E-state index in [0.717, 1.165) is 5.56 Å². The third-order valence-electron chi connectivity index (χ3n) is 2.35. The summed E-state index contributed by atoms with van der Waals surface area (Å²) in [5.41, 5.74) is 8.68. The van der Waals surface area contributed by atoms with Crippen molar-refractivity contribution in [3.63, 3.8) is 0 Å². The van der Waals surface area contributed by atoms with Gasteiger partial charge in [-0.05, 0) is 26.3 Å². The normalized spacial score (nSPS) is 11.9. The Kier molecular flexibility index (Phi) is 3.61. The van der Waals surface area contributed by atoms with Crippen LogP contribution in [0, 0.1) is 5.41 Å². The smallest absolute Gasteiger partial charge is 0.160 e. The lowest BCUT2D eigenvalue weighted by Crippen LogP contribution is -2.08. The molecule has 0 bridgehead atoms. The van der Waals surface area contributed by atoms with Crippen molar-refractivity contribution in [1.29, 1.82) is 5.41 Å². The first kappa shape index (κ1) is 12.2. The fraction of sp³-hybridized carbons (Fsp3) is 0.231. The van der Waals surface area contributed by atoms with E-state index in [1.807, 2.05) is 18.2 Å². The number of allylic oxidation sites excluding steroid dienone is 2. The van der Waals surface area contributed by atoms with Gasteiger partial charge in [0.2, 0.25) is 0 Å². The molecule has 3 nitrogen and oxygen atoms in total. The second-order valence-corrected chi connectivity index (χ2v) is 3.78. The highest BCUT2D eigenvalue weighted by molar-refractivity contribution is 6.23. The van der Waals surface area contributed by atoms with Crippen LogP contribution < -0.4 is 5.73 Å². The molecule has 3 heteroatoms. The molecule has 0 heterocycles. The Balaban J connectivity index is 3.49. The Morgan fingerprint density at radius 1 is 1.12 bits per heavy atom. The molecular weight excluding hydrogens is 200 g/mol. The maximum absolute atomic E-state index is 11.5. The molecule has 0 spiro atoms. The molecule has 0 radical (unpaired) electrons. The molecule has 3 N–H and O–H groups in total. The number of rotatable bonds is 3. The van der Waals surface area contributed by atoms with Gasteiger partial charge in [0.05, 0.1) is 0 Å². The molecule has 1 aromatic carbocycles. The fourth-order valence-electron chi connectivity index (χ4n) is 1.72. The maximum atomic E-state index is 11.5. The molecule has 0 aromatic heterocycles. The van der Waals surface area contributed by atoms with Crippen LogP contribution in [0.15, 0.2) is 30.0 Å². The lowest BCUT2D eigenvalue weighted by Gasteiger charge is -2.12. The van der Waals surface area contributed by atoms with E-state index in [9.17, 15) is 4.79 Å². The first-order chi connectivity index (χ1) is 7.45. The molecule has 0 fully saturated rings. The van der Waals surface area contributed by atoms with Gasteiger partial charge < -0.3 is 11.1 Å². The average Bonchev–Trinajstić information content (AvgIpc) is 2.17. The number of carbonyl (C=O) groups excluding carboxylic acids is 1. The number of Topliss-reactive ketones (excluding diaryl/α,β-unsaturated/α-hetero) is 1. The monoisotopic (exact) mass is 216 g/mol. The molecule has 1 rings (SSSR count). The zero-order valence-electron chi connectivity index (χ0n) is 9.79. The summed E-state index contributed by atoms with van der Waals surface area (Å²) >= 11 is 0. The van der Waals surface area contributed by atoms with Crippen molar-refractivity contribution >= 4 is 17.1 Å². The van der Waals surface area contributed by atoms with E-state index >= 15 is 0 Å². The summed E-state index contributed by atoms with van der Waals surface area (Å²) in [5, 5.41) is 7.71. The largest absolute Gasteiger partial charge is 0.402 e. The fourth-order valence-corrected chi connectivity index (χ4v) is 1.72. The van der Waals surface area contributed by atoms with Gasteiger partial charge in [-0.15, -0.1) is 0 Å². The van der Waals surface area contributed by atoms with Crippen LogP contribution in [0.3, 0.4) is 0 Å². The minimum Gasteiger partial charge on any atom is -0.402 e. The zero-order valence-corrected chi connectivity index (χ0v) is 9.79. The van der Waals surface area contributed by atoms with E-state index in [1.54, 1.807) is 19.9 Å². The summed E-state index contributed by atoms with van der Waals surface area (Å²) < 4.78 is 0. The van der Waals surface area contributed by atoms with Crippen LogP contribution in [0.25, 0.3) is 5.57 Å². The lowest BCUT2D eigenvalue weighted by molar-refractivity contribution is 0.101. The van der Waals surface area contributed by atoms with Crippen LogP contribution >= 0.6 is 0 Å². The standard InChI is InChI=1S/C13H16N2O/c1-8(14)13(9(2)15)12-7-5-4-6-11(12)10(3)16/h4-7,14H,15H2,1-3H3/b13-9+,14-8?. The first-order valence-corrected chi connectivity index (χ1v) is 5.07. The van der Waals surface area contributed by atoms with E-state index in [1.165, 1.54) is 6.92 Å². The van der Waals surface area contributed by atoms with Crippen LogP contribution in [0.4, 0.5) is 0 Å². The third kappa shape index (κ3) is 2.37. The lowest BCUT2D eigenvalue weighted by atomic mass is 9.93. The Hall–Kier alpha value is -1.90. The highest BCUT2D eigenvalue weighted by Gasteiger charge is 2.13. The molecule has 0 aliphatic heterocycles. The topological polar surface area (TPSA) is 66.9 Å². The molecule has 16 heavy (non-hydrogen) atoms. The Morgan fingerprint density at radius 2 is 1.62 bits per heavy atom. The van der Waals surface area contributed by atoms with Crippen LogP contribution in [-0.2, 0) is 0 Å². The van der Waals surface area contributed by atoms with Gasteiger partial charge in [0.15, 0.2) is 5.78 Å². The minimum absolute atomic E-state index is 0.0180. The minimum atomic E-state index is -0.0180. The van der Waals surface area contributed by atoms with Gasteiger partial charge in [0, 0.05) is 22.5 Å². The van der Waals surface area contributed by atoms with E-state index in [-0.39, 0.29) is 5.78 Å². The van der Waals surface area contributed by atoms with Crippen molar-refractivity contribution in [3.05, 3.63) is 41.1 Å². The molecule has 84 valence electrons. The van der Waals surface area contributed by atoms with Gasteiger partial charge >= 0.3 is 0 Å². The SMILES string of the molecule is CC(=N)/C(=C(/C)N)c1ccccc1C(C)=O. The average molecular weight is 216 g/mol. The maximum Gasteiger partial charge on any atom is 0.160 e. The van der Waals surface area contributed by atoms with E-state index in [0.29, 0.717) is 22.5 Å². The summed E-state index contributed by atoms with van der Waals surface area (Å²) in [4.78, 5) is 11.5. The Bertz CT molecular complexity index is 469. The van der Waals surface area contributed by atoms with Gasteiger partial charge in [-0.2, -0.15) is 0 Å². The summed E-state index contributed by atoms with van der Waals surface area (Å²) in [5.74, 6) is -0.0180. The summed E-state index contributed by atoms with van der Waals surface area (Å²) in [6.07, 6.45) is 0. The van der Waals surface area contributed by atoms with Gasteiger partial charge in [-0.1, -0.05) is 24.3 Å². The highest BCUT2D eigenvalue weighted by atomic mass is 16.1. The van der Waals surface area contributed by atoms with Crippen molar-refractivity contribution in [1.82, 2.24) is 0 Å². The van der Waals surface area contributed by atoms with Crippen LogP contribution in [0.5, 0.6) is 0 Å². The second-order valence-electron chi connectivity index (χ2n) is 3.78. The predicted molar refractivity (Wildman–Crippen MR) is 66.6 cm³/mol. The number of benzene rings is 1. The number of hydrogen-bond acceptors (Lipinski definition) is 3. The second kappa shape index (κ2) is 4.75. The van der Waals surface area contributed by atoms with Crippen molar-refractivity contribution < 1.29 is 4.79 Å². The number of nitrogens with two attached hydrogens (primary N) is 1. The summed E-state index contributed by atoms with van der Waals surface area (Å²) in [7, 11) is 0. The molecule has 1 aromatic rings. The molecule has 0 atom stereocenters. The molecule has 0 saturated heterocycles. The molecule has 0 saturated carbocycles. The van der Waals surface area contributed by atoms with Crippen LogP contribution in [-0.4, -0.2) is 11.5 Å². The molecule has 0 aliphatic carbocycles. The van der Waals surface area contributed by atoms with E-state index < -0.39 is 0 Å². The van der Waals surface area contributed by atoms with Crippen molar-refractivity contribution in [2.75, 3.05) is 0 Å². The van der Waals surface area contributed by atoms with Gasteiger partial charge in [-0.25, -0.2) is 0 Å². The zero-order chi connectivity index (χ0) is 12.3. The van der Waals surface area contributed by atoms with Gasteiger partial charge in [-0.3, -0.25) is 4.79 Å². The Morgan fingerprint density at radius 3 is 2.00 bits per heavy atom. The number of carbonyl (C=O) groups is 1. The van der Waals surface area contributed by atoms with Gasteiger partial charge in [0.1, 0.15) is 0 Å². The number of hydrogen-bond donors (Lipinski definition) is 2. The van der Waals surface area contributed by atoms with Crippen LogP contribution in [0.1, 0.15) is 36.7 Å². The number of ketones is 1. The molecule has 0 aliphatic rings. The van der Waals surface area contributed by atoms with E-state index in [2.05, 4.69) is 0 Å². The Labute approximate surface area is 95.5 Å². The third-order valence-corrected chi connectivity index (χ3v) is 2.35.